The number of aromatic hydroxyl groups is 1. The van der Waals surface area contributed by atoms with Gasteiger partial charge in [0.05, 0.1) is 18.3 Å². The van der Waals surface area contributed by atoms with Gasteiger partial charge in [0.15, 0.2) is 11.4 Å². The van der Waals surface area contributed by atoms with Gasteiger partial charge in [0.25, 0.3) is 5.91 Å². The Hall–Kier alpha value is -3.55. The number of aromatic nitrogens is 2. The highest BCUT2D eigenvalue weighted by molar-refractivity contribution is 5.96. The quantitative estimate of drug-likeness (QED) is 0.680. The van der Waals surface area contributed by atoms with Crippen LogP contribution in [0.3, 0.4) is 0 Å². The second-order valence-electron chi connectivity index (χ2n) is 8.38. The summed E-state index contributed by atoms with van der Waals surface area (Å²) in [6, 6.07) is 9.82. The second kappa shape index (κ2) is 7.55. The summed E-state index contributed by atoms with van der Waals surface area (Å²) in [7, 11) is 0. The first-order chi connectivity index (χ1) is 15.4. The van der Waals surface area contributed by atoms with Crippen molar-refractivity contribution in [2.45, 2.75) is 37.8 Å². The van der Waals surface area contributed by atoms with E-state index in [0.29, 0.717) is 18.5 Å². The summed E-state index contributed by atoms with van der Waals surface area (Å²) in [5.74, 6) is -2.24. The molecule has 1 fully saturated rings. The monoisotopic (exact) mass is 437 g/mol. The summed E-state index contributed by atoms with van der Waals surface area (Å²) in [5.41, 5.74) is 1.39. The lowest BCUT2D eigenvalue weighted by Crippen LogP contribution is -2.51. The van der Waals surface area contributed by atoms with Gasteiger partial charge in [-0.25, -0.2) is 8.78 Å². The van der Waals surface area contributed by atoms with Crippen molar-refractivity contribution in [1.29, 1.82) is 0 Å². The molecule has 0 spiro atoms. The van der Waals surface area contributed by atoms with E-state index < -0.39 is 29.0 Å². The Bertz CT molecular complexity index is 1270. The molecule has 3 heterocycles. The third kappa shape index (κ3) is 3.09. The number of benzene rings is 2. The third-order valence-electron chi connectivity index (χ3n) is 6.56. The van der Waals surface area contributed by atoms with Crippen LogP contribution in [0.5, 0.6) is 5.75 Å². The van der Waals surface area contributed by atoms with Gasteiger partial charge in [-0.2, -0.15) is 5.10 Å². The summed E-state index contributed by atoms with van der Waals surface area (Å²) in [4.78, 5) is 26.9. The van der Waals surface area contributed by atoms with Gasteiger partial charge < -0.3 is 10.0 Å². The Morgan fingerprint density at radius 1 is 1.09 bits per heavy atom. The fourth-order valence-electron chi connectivity index (χ4n) is 5.17. The van der Waals surface area contributed by atoms with E-state index in [4.69, 9.17) is 0 Å². The molecule has 5 rings (SSSR count). The first kappa shape index (κ1) is 20.4. The van der Waals surface area contributed by atoms with Crippen LogP contribution in [0.2, 0.25) is 0 Å². The number of carbonyl (C=O) groups is 1. The molecule has 6 nitrogen and oxygen atoms in total. The minimum atomic E-state index is -0.725. The minimum Gasteiger partial charge on any atom is -0.502 e. The number of fused-ring (bicyclic) bond motifs is 2. The number of aryl methyl sites for hydroxylation is 1. The van der Waals surface area contributed by atoms with Crippen molar-refractivity contribution < 1.29 is 18.7 Å². The maximum absolute atomic E-state index is 13.9. The standard InChI is InChI=1S/C24H21F2N3O3/c1-13-11-16(26)8-9-17(13)20(14-4-6-15(25)7-5-14)21-18-3-2-10-28(18)24(32)22-23(31)19(30)12-27-29(21)22/h4-9,11-12,18,20-21,31H,2-3,10H2,1H3/t18-,20-,21-/m1/s1. The Labute approximate surface area is 182 Å². The molecule has 8 heteroatoms. The molecule has 2 aliphatic heterocycles. The van der Waals surface area contributed by atoms with Gasteiger partial charge in [-0.3, -0.25) is 14.3 Å². The highest BCUT2D eigenvalue weighted by Gasteiger charge is 2.48. The number of nitrogens with zero attached hydrogens (tertiary/aromatic N) is 3. The molecule has 2 aliphatic rings. The van der Waals surface area contributed by atoms with Crippen LogP contribution in [0.4, 0.5) is 8.78 Å². The molecule has 1 aromatic heterocycles. The molecule has 0 radical (unpaired) electrons. The van der Waals surface area contributed by atoms with E-state index >= 15 is 0 Å². The summed E-state index contributed by atoms with van der Waals surface area (Å²) in [5, 5.41) is 14.7. The van der Waals surface area contributed by atoms with E-state index in [1.165, 1.54) is 28.9 Å². The van der Waals surface area contributed by atoms with Gasteiger partial charge >= 0.3 is 0 Å². The number of amides is 1. The van der Waals surface area contributed by atoms with Crippen LogP contribution >= 0.6 is 0 Å². The zero-order valence-corrected chi connectivity index (χ0v) is 17.3. The van der Waals surface area contributed by atoms with Gasteiger partial charge in [0.1, 0.15) is 11.6 Å². The Balaban J connectivity index is 1.79. The molecule has 0 bridgehead atoms. The van der Waals surface area contributed by atoms with Crippen molar-refractivity contribution in [1.82, 2.24) is 14.7 Å². The number of hydrogen-bond acceptors (Lipinski definition) is 4. The Morgan fingerprint density at radius 3 is 2.53 bits per heavy atom. The molecule has 1 N–H and O–H groups in total. The maximum Gasteiger partial charge on any atom is 0.276 e. The maximum atomic E-state index is 13.9. The van der Waals surface area contributed by atoms with Crippen LogP contribution < -0.4 is 5.43 Å². The van der Waals surface area contributed by atoms with Crippen molar-refractivity contribution >= 4 is 5.91 Å². The van der Waals surface area contributed by atoms with E-state index in [2.05, 4.69) is 5.10 Å². The first-order valence-corrected chi connectivity index (χ1v) is 10.5. The Kier molecular flexibility index (Phi) is 4.80. The zero-order valence-electron chi connectivity index (χ0n) is 17.3. The molecule has 0 saturated carbocycles. The molecule has 0 unspecified atom stereocenters. The average molecular weight is 437 g/mol. The summed E-state index contributed by atoms with van der Waals surface area (Å²) >= 11 is 0. The highest BCUT2D eigenvalue weighted by Crippen LogP contribution is 2.46. The largest absolute Gasteiger partial charge is 0.502 e. The normalized spacial score (nSPS) is 20.7. The SMILES string of the molecule is Cc1cc(F)ccc1[C@@H](c1ccc(F)cc1)[C@H]1[C@H]2CCCN2C(=O)c2c(O)c(=O)cnn21. The molecule has 32 heavy (non-hydrogen) atoms. The highest BCUT2D eigenvalue weighted by atomic mass is 19.1. The molecule has 3 atom stereocenters. The van der Waals surface area contributed by atoms with Crippen LogP contribution in [-0.2, 0) is 0 Å². The van der Waals surface area contributed by atoms with E-state index in [-0.39, 0.29) is 23.4 Å². The number of rotatable bonds is 3. The van der Waals surface area contributed by atoms with Crippen molar-refractivity contribution in [3.63, 3.8) is 0 Å². The molecular formula is C24H21F2N3O3. The van der Waals surface area contributed by atoms with E-state index in [1.807, 2.05) is 0 Å². The summed E-state index contributed by atoms with van der Waals surface area (Å²) in [6.45, 7) is 2.30. The zero-order chi connectivity index (χ0) is 22.6. The van der Waals surface area contributed by atoms with Crippen molar-refractivity contribution in [3.05, 3.63) is 92.9 Å². The van der Waals surface area contributed by atoms with Gasteiger partial charge in [-0.05, 0) is 60.7 Å². The van der Waals surface area contributed by atoms with Gasteiger partial charge in [-0.1, -0.05) is 18.2 Å². The van der Waals surface area contributed by atoms with Crippen LogP contribution in [0.1, 0.15) is 52.0 Å². The van der Waals surface area contributed by atoms with Gasteiger partial charge in [0, 0.05) is 12.5 Å². The van der Waals surface area contributed by atoms with E-state index in [0.717, 1.165) is 23.7 Å². The molecule has 1 saturated heterocycles. The smallest absolute Gasteiger partial charge is 0.276 e. The first-order valence-electron chi connectivity index (χ1n) is 10.5. The van der Waals surface area contributed by atoms with E-state index in [9.17, 15) is 23.5 Å². The lowest BCUT2D eigenvalue weighted by atomic mass is 9.78. The molecule has 0 aliphatic carbocycles. The molecule has 2 aromatic carbocycles. The summed E-state index contributed by atoms with van der Waals surface area (Å²) < 4.78 is 29.1. The lowest BCUT2D eigenvalue weighted by molar-refractivity contribution is 0.0565. The average Bonchev–Trinajstić information content (AvgIpc) is 3.25. The summed E-state index contributed by atoms with van der Waals surface area (Å²) in [6.07, 6.45) is 2.48. The fraction of sp³-hybridized carbons (Fsp3) is 0.292. The lowest BCUT2D eigenvalue weighted by Gasteiger charge is -2.43. The molecule has 3 aromatic rings. The number of carbonyl (C=O) groups excluding carboxylic acids is 1. The fourth-order valence-corrected chi connectivity index (χ4v) is 5.17. The van der Waals surface area contributed by atoms with Crippen molar-refractivity contribution in [3.8, 4) is 5.75 Å². The van der Waals surface area contributed by atoms with E-state index in [1.54, 1.807) is 30.0 Å². The van der Waals surface area contributed by atoms with Crippen LogP contribution in [0.25, 0.3) is 0 Å². The van der Waals surface area contributed by atoms with Crippen molar-refractivity contribution in [2.24, 2.45) is 0 Å². The molecule has 164 valence electrons. The van der Waals surface area contributed by atoms with Crippen LogP contribution in [0, 0.1) is 18.6 Å². The van der Waals surface area contributed by atoms with Gasteiger partial charge in [-0.15, -0.1) is 0 Å². The van der Waals surface area contributed by atoms with Crippen LogP contribution in [-0.4, -0.2) is 38.3 Å². The number of halogens is 2. The molecule has 1 amide bonds. The Morgan fingerprint density at radius 2 is 1.81 bits per heavy atom. The van der Waals surface area contributed by atoms with Crippen LogP contribution in [0.15, 0.2) is 53.5 Å². The third-order valence-corrected chi connectivity index (χ3v) is 6.56. The topological polar surface area (TPSA) is 75.4 Å². The van der Waals surface area contributed by atoms with Crippen molar-refractivity contribution in [2.75, 3.05) is 6.54 Å². The predicted molar refractivity (Wildman–Crippen MR) is 113 cm³/mol. The van der Waals surface area contributed by atoms with Gasteiger partial charge in [0.2, 0.25) is 5.43 Å². The minimum absolute atomic E-state index is 0.146. The predicted octanol–water partition coefficient (Wildman–Crippen LogP) is 3.53. The second-order valence-corrected chi connectivity index (χ2v) is 8.38. The number of hydrogen-bond donors (Lipinski definition) is 1. The molecular weight excluding hydrogens is 416 g/mol.